The predicted molar refractivity (Wildman–Crippen MR) is 118 cm³/mol. The van der Waals surface area contributed by atoms with Gasteiger partial charge in [0.1, 0.15) is 0 Å². The monoisotopic (exact) mass is 430 g/mol. The first-order valence-corrected chi connectivity index (χ1v) is 12.0. The Kier molecular flexibility index (Phi) is 5.93. The summed E-state index contributed by atoms with van der Waals surface area (Å²) in [5, 5.41) is 0. The summed E-state index contributed by atoms with van der Waals surface area (Å²) in [7, 11) is -3.71. The van der Waals surface area contributed by atoms with Crippen LogP contribution in [0.25, 0.3) is 0 Å². The van der Waals surface area contributed by atoms with Crippen LogP contribution >= 0.6 is 0 Å². The van der Waals surface area contributed by atoms with Crippen LogP contribution in [-0.2, 0) is 10.0 Å². The molecule has 0 spiro atoms. The molecule has 7 heteroatoms. The van der Waals surface area contributed by atoms with E-state index >= 15 is 0 Å². The summed E-state index contributed by atoms with van der Waals surface area (Å²) in [4.78, 5) is 2.74. The SMILES string of the molecule is Cc1ccc(S(=O)(=O)N(c2ccc3c(c2)OCO3)C2CCN(CC(C)C)CC2)cc1. The van der Waals surface area contributed by atoms with E-state index in [1.54, 1.807) is 28.6 Å². The van der Waals surface area contributed by atoms with Gasteiger partial charge in [0.2, 0.25) is 6.79 Å². The second-order valence-corrected chi connectivity index (χ2v) is 10.4. The van der Waals surface area contributed by atoms with Crippen LogP contribution in [0.15, 0.2) is 47.4 Å². The molecule has 0 radical (unpaired) electrons. The van der Waals surface area contributed by atoms with E-state index in [1.165, 1.54) is 0 Å². The van der Waals surface area contributed by atoms with Crippen LogP contribution < -0.4 is 13.8 Å². The molecule has 0 atom stereocenters. The number of anilines is 1. The maximum Gasteiger partial charge on any atom is 0.264 e. The zero-order chi connectivity index (χ0) is 21.3. The Hall–Kier alpha value is -2.25. The van der Waals surface area contributed by atoms with E-state index in [4.69, 9.17) is 9.47 Å². The van der Waals surface area contributed by atoms with Crippen LogP contribution in [0.5, 0.6) is 11.5 Å². The number of nitrogens with zero attached hydrogens (tertiary/aromatic N) is 2. The van der Waals surface area contributed by atoms with Crippen LogP contribution in [-0.4, -0.2) is 45.8 Å². The Morgan fingerprint density at radius 1 is 1.03 bits per heavy atom. The van der Waals surface area contributed by atoms with Crippen molar-refractivity contribution in [2.24, 2.45) is 5.92 Å². The quantitative estimate of drug-likeness (QED) is 0.692. The highest BCUT2D eigenvalue weighted by atomic mass is 32.2. The van der Waals surface area contributed by atoms with Gasteiger partial charge in [-0.05, 0) is 49.9 Å². The standard InChI is InChI=1S/C23H30N2O4S/c1-17(2)15-24-12-10-19(11-13-24)25(20-6-9-22-23(14-20)29-16-28-22)30(26,27)21-7-4-18(3)5-8-21/h4-9,14,17,19H,10-13,15-16H2,1-3H3. The summed E-state index contributed by atoms with van der Waals surface area (Å²) in [6.45, 7) is 9.38. The maximum atomic E-state index is 13.7. The van der Waals surface area contributed by atoms with Crippen LogP contribution in [0.4, 0.5) is 5.69 Å². The number of hydrogen-bond donors (Lipinski definition) is 0. The molecule has 2 aromatic carbocycles. The third-order valence-corrected chi connectivity index (χ3v) is 7.60. The van der Waals surface area contributed by atoms with Crippen LogP contribution in [0.3, 0.4) is 0 Å². The van der Waals surface area contributed by atoms with E-state index in [2.05, 4.69) is 18.7 Å². The fourth-order valence-corrected chi connectivity index (χ4v) is 5.95. The smallest absolute Gasteiger partial charge is 0.264 e. The molecule has 0 aromatic heterocycles. The van der Waals surface area contributed by atoms with Gasteiger partial charge in [0.25, 0.3) is 10.0 Å². The molecule has 6 nitrogen and oxygen atoms in total. The van der Waals surface area contributed by atoms with Crippen LogP contribution in [0, 0.1) is 12.8 Å². The van der Waals surface area contributed by atoms with Gasteiger partial charge in [-0.2, -0.15) is 0 Å². The zero-order valence-corrected chi connectivity index (χ0v) is 18.7. The molecule has 2 aliphatic heterocycles. The Morgan fingerprint density at radius 3 is 2.37 bits per heavy atom. The molecule has 2 aliphatic rings. The molecule has 0 amide bonds. The number of piperidine rings is 1. The molecule has 2 aromatic rings. The molecular weight excluding hydrogens is 400 g/mol. The number of ether oxygens (including phenoxy) is 2. The normalized spacial score (nSPS) is 17.5. The Morgan fingerprint density at radius 2 is 1.70 bits per heavy atom. The van der Waals surface area contributed by atoms with E-state index in [0.29, 0.717) is 28.0 Å². The molecule has 30 heavy (non-hydrogen) atoms. The first kappa shape index (κ1) is 21.0. The number of fused-ring (bicyclic) bond motifs is 1. The minimum atomic E-state index is -3.71. The Labute approximate surface area is 179 Å². The summed E-state index contributed by atoms with van der Waals surface area (Å²) >= 11 is 0. The molecule has 162 valence electrons. The van der Waals surface area contributed by atoms with Crippen molar-refractivity contribution in [2.75, 3.05) is 30.7 Å². The number of hydrogen-bond acceptors (Lipinski definition) is 5. The van der Waals surface area contributed by atoms with Gasteiger partial charge in [0.15, 0.2) is 11.5 Å². The van der Waals surface area contributed by atoms with Crippen molar-refractivity contribution in [1.82, 2.24) is 4.90 Å². The summed E-state index contributed by atoms with van der Waals surface area (Å²) in [6, 6.07) is 12.4. The molecule has 0 bridgehead atoms. The summed E-state index contributed by atoms with van der Waals surface area (Å²) < 4.78 is 40.0. The van der Waals surface area contributed by atoms with Gasteiger partial charge in [-0.3, -0.25) is 4.31 Å². The summed E-state index contributed by atoms with van der Waals surface area (Å²) in [5.74, 6) is 1.84. The first-order valence-electron chi connectivity index (χ1n) is 10.6. The lowest BCUT2D eigenvalue weighted by Crippen LogP contribution is -2.48. The number of rotatable bonds is 6. The molecule has 0 saturated carbocycles. The van der Waals surface area contributed by atoms with Gasteiger partial charge in [0, 0.05) is 31.7 Å². The largest absolute Gasteiger partial charge is 0.454 e. The minimum absolute atomic E-state index is 0.0971. The Bertz CT molecular complexity index is 981. The molecule has 4 rings (SSSR count). The molecule has 0 aliphatic carbocycles. The van der Waals surface area contributed by atoms with E-state index in [9.17, 15) is 8.42 Å². The minimum Gasteiger partial charge on any atom is -0.454 e. The lowest BCUT2D eigenvalue weighted by atomic mass is 10.0. The predicted octanol–water partition coefficient (Wildman–Crippen LogP) is 4.04. The molecule has 2 heterocycles. The molecule has 1 fully saturated rings. The van der Waals surface area contributed by atoms with Gasteiger partial charge in [-0.25, -0.2) is 8.42 Å². The number of benzene rings is 2. The van der Waals surface area contributed by atoms with Gasteiger partial charge in [-0.1, -0.05) is 31.5 Å². The fraction of sp³-hybridized carbons (Fsp3) is 0.478. The van der Waals surface area contributed by atoms with Crippen molar-refractivity contribution in [3.63, 3.8) is 0 Å². The fourth-order valence-electron chi connectivity index (χ4n) is 4.24. The van der Waals surface area contributed by atoms with Crippen molar-refractivity contribution in [3.05, 3.63) is 48.0 Å². The number of sulfonamides is 1. The molecule has 1 saturated heterocycles. The zero-order valence-electron chi connectivity index (χ0n) is 17.9. The number of aryl methyl sites for hydroxylation is 1. The first-order chi connectivity index (χ1) is 14.3. The van der Waals surface area contributed by atoms with Gasteiger partial charge >= 0.3 is 0 Å². The van der Waals surface area contributed by atoms with Gasteiger partial charge in [-0.15, -0.1) is 0 Å². The van der Waals surface area contributed by atoms with Crippen molar-refractivity contribution in [3.8, 4) is 11.5 Å². The maximum absolute atomic E-state index is 13.7. The van der Waals surface area contributed by atoms with Crippen molar-refractivity contribution >= 4 is 15.7 Å². The van der Waals surface area contributed by atoms with Crippen LogP contribution in [0.1, 0.15) is 32.3 Å². The molecule has 0 unspecified atom stereocenters. The highest BCUT2D eigenvalue weighted by Gasteiger charge is 2.35. The average molecular weight is 431 g/mol. The third kappa shape index (κ3) is 4.27. The van der Waals surface area contributed by atoms with Crippen LogP contribution in [0.2, 0.25) is 0 Å². The van der Waals surface area contributed by atoms with Gasteiger partial charge in [0.05, 0.1) is 10.6 Å². The lowest BCUT2D eigenvalue weighted by Gasteiger charge is -2.39. The molecular formula is C23H30N2O4S. The number of likely N-dealkylation sites (tertiary alicyclic amines) is 1. The Balaban J connectivity index is 1.68. The second-order valence-electron chi connectivity index (χ2n) is 8.58. The van der Waals surface area contributed by atoms with E-state index in [-0.39, 0.29) is 12.8 Å². The highest BCUT2D eigenvalue weighted by molar-refractivity contribution is 7.92. The topological polar surface area (TPSA) is 59.1 Å². The van der Waals surface area contributed by atoms with Gasteiger partial charge < -0.3 is 14.4 Å². The van der Waals surface area contributed by atoms with Crippen molar-refractivity contribution in [1.29, 1.82) is 0 Å². The molecule has 0 N–H and O–H groups in total. The van der Waals surface area contributed by atoms with E-state index in [1.807, 2.05) is 25.1 Å². The van der Waals surface area contributed by atoms with Crippen molar-refractivity contribution in [2.45, 2.75) is 44.6 Å². The summed E-state index contributed by atoms with van der Waals surface area (Å²) in [6.07, 6.45) is 1.60. The van der Waals surface area contributed by atoms with Crippen molar-refractivity contribution < 1.29 is 17.9 Å². The second kappa shape index (κ2) is 8.47. The van der Waals surface area contributed by atoms with E-state index in [0.717, 1.165) is 38.0 Å². The highest BCUT2D eigenvalue weighted by Crippen LogP contribution is 2.39. The summed E-state index contributed by atoms with van der Waals surface area (Å²) in [5.41, 5.74) is 1.66. The van der Waals surface area contributed by atoms with E-state index < -0.39 is 10.0 Å². The third-order valence-electron chi connectivity index (χ3n) is 5.70. The average Bonchev–Trinajstić information content (AvgIpc) is 3.17. The lowest BCUT2D eigenvalue weighted by molar-refractivity contribution is 0.174.